The van der Waals surface area contributed by atoms with Gasteiger partial charge in [0, 0.05) is 11.8 Å². The molecule has 0 fully saturated rings. The Kier molecular flexibility index (Phi) is 7.18. The summed E-state index contributed by atoms with van der Waals surface area (Å²) in [6.45, 7) is 4.76. The van der Waals surface area contributed by atoms with Crippen LogP contribution in [0.3, 0.4) is 0 Å². The largest absolute Gasteiger partial charge is 0.497 e. The standard InChI is InChI=1S/C14H22N2O2S/c1-4-11(2)16-14(15)19-10-9-18-13-7-5-12(17-3)6-8-13/h5-8,11H,4,9-10H2,1-3H3,(H2,15,16)/t11-/m0/s1. The topological polar surface area (TPSA) is 56.8 Å². The van der Waals surface area contributed by atoms with Crippen LogP contribution in [0.25, 0.3) is 0 Å². The van der Waals surface area contributed by atoms with Crippen LogP contribution in [0.5, 0.6) is 11.5 Å². The number of hydrogen-bond donors (Lipinski definition) is 1. The highest BCUT2D eigenvalue weighted by Gasteiger charge is 2.00. The van der Waals surface area contributed by atoms with E-state index in [-0.39, 0.29) is 6.04 Å². The normalized spacial score (nSPS) is 13.1. The van der Waals surface area contributed by atoms with Crippen molar-refractivity contribution >= 4 is 16.9 Å². The van der Waals surface area contributed by atoms with Crippen LogP contribution in [-0.2, 0) is 0 Å². The zero-order valence-corrected chi connectivity index (χ0v) is 12.6. The molecule has 19 heavy (non-hydrogen) atoms. The zero-order valence-electron chi connectivity index (χ0n) is 11.8. The molecule has 2 N–H and O–H groups in total. The van der Waals surface area contributed by atoms with Gasteiger partial charge >= 0.3 is 0 Å². The zero-order chi connectivity index (χ0) is 14.1. The number of nitrogens with two attached hydrogens (primary N) is 1. The Balaban J connectivity index is 2.25. The van der Waals surface area contributed by atoms with E-state index in [9.17, 15) is 0 Å². The predicted molar refractivity (Wildman–Crippen MR) is 82.3 cm³/mol. The van der Waals surface area contributed by atoms with Crippen LogP contribution < -0.4 is 15.2 Å². The summed E-state index contributed by atoms with van der Waals surface area (Å²) in [5.41, 5.74) is 5.81. The molecule has 0 amide bonds. The first-order chi connectivity index (χ1) is 9.15. The molecule has 1 atom stereocenters. The van der Waals surface area contributed by atoms with Crippen molar-refractivity contribution in [1.82, 2.24) is 0 Å². The molecule has 0 aromatic heterocycles. The third kappa shape index (κ3) is 6.38. The molecule has 0 spiro atoms. The van der Waals surface area contributed by atoms with Gasteiger partial charge in [0.25, 0.3) is 0 Å². The summed E-state index contributed by atoms with van der Waals surface area (Å²) < 4.78 is 10.7. The van der Waals surface area contributed by atoms with Crippen LogP contribution in [-0.4, -0.2) is 30.7 Å². The number of benzene rings is 1. The summed E-state index contributed by atoms with van der Waals surface area (Å²) in [6.07, 6.45) is 1.00. The first-order valence-electron chi connectivity index (χ1n) is 6.38. The predicted octanol–water partition coefficient (Wildman–Crippen LogP) is 2.92. The van der Waals surface area contributed by atoms with E-state index < -0.39 is 0 Å². The number of ether oxygens (including phenoxy) is 2. The summed E-state index contributed by atoms with van der Waals surface area (Å²) in [5, 5.41) is 0.632. The minimum Gasteiger partial charge on any atom is -0.497 e. The summed E-state index contributed by atoms with van der Waals surface area (Å²) in [4.78, 5) is 4.35. The summed E-state index contributed by atoms with van der Waals surface area (Å²) >= 11 is 1.53. The van der Waals surface area contributed by atoms with E-state index in [1.807, 2.05) is 24.3 Å². The average molecular weight is 282 g/mol. The minimum atomic E-state index is 0.287. The molecule has 1 rings (SSSR count). The molecule has 106 valence electrons. The molecular weight excluding hydrogens is 260 g/mol. The number of thioether (sulfide) groups is 1. The molecule has 0 unspecified atom stereocenters. The Morgan fingerprint density at radius 3 is 2.53 bits per heavy atom. The van der Waals surface area contributed by atoms with Crippen LogP contribution in [0, 0.1) is 0 Å². The van der Waals surface area contributed by atoms with Crippen molar-refractivity contribution in [2.75, 3.05) is 19.5 Å². The van der Waals surface area contributed by atoms with E-state index >= 15 is 0 Å². The molecule has 1 aromatic carbocycles. The molecule has 0 saturated carbocycles. The molecule has 1 aromatic rings. The van der Waals surface area contributed by atoms with Crippen molar-refractivity contribution in [2.24, 2.45) is 10.7 Å². The number of methoxy groups -OCH3 is 1. The third-order valence-electron chi connectivity index (χ3n) is 2.60. The number of rotatable bonds is 7. The molecule has 4 nitrogen and oxygen atoms in total. The van der Waals surface area contributed by atoms with Gasteiger partial charge in [-0.25, -0.2) is 0 Å². The fourth-order valence-corrected chi connectivity index (χ4v) is 1.95. The highest BCUT2D eigenvalue weighted by Crippen LogP contribution is 2.17. The van der Waals surface area contributed by atoms with E-state index in [1.54, 1.807) is 7.11 Å². The lowest BCUT2D eigenvalue weighted by Gasteiger charge is -2.07. The van der Waals surface area contributed by atoms with Crippen LogP contribution in [0.2, 0.25) is 0 Å². The third-order valence-corrected chi connectivity index (χ3v) is 3.37. The van der Waals surface area contributed by atoms with Crippen molar-refractivity contribution in [1.29, 1.82) is 0 Å². The van der Waals surface area contributed by atoms with Gasteiger partial charge in [-0.15, -0.1) is 0 Å². The molecule has 0 aliphatic rings. The van der Waals surface area contributed by atoms with Crippen molar-refractivity contribution in [2.45, 2.75) is 26.3 Å². The lowest BCUT2D eigenvalue weighted by molar-refractivity contribution is 0.343. The Hall–Kier alpha value is -1.36. The van der Waals surface area contributed by atoms with Gasteiger partial charge in [-0.05, 0) is 37.6 Å². The molecule has 0 radical (unpaired) electrons. The van der Waals surface area contributed by atoms with Crippen molar-refractivity contribution < 1.29 is 9.47 Å². The SMILES string of the molecule is CC[C@H](C)N=C(N)SCCOc1ccc(OC)cc1. The first kappa shape index (κ1) is 15.7. The summed E-state index contributed by atoms with van der Waals surface area (Å²) in [5.74, 6) is 2.45. The van der Waals surface area contributed by atoms with Gasteiger partial charge in [-0.2, -0.15) is 0 Å². The van der Waals surface area contributed by atoms with Gasteiger partial charge in [0.1, 0.15) is 11.5 Å². The van der Waals surface area contributed by atoms with Crippen LogP contribution >= 0.6 is 11.8 Å². The van der Waals surface area contributed by atoms with Gasteiger partial charge in [-0.3, -0.25) is 4.99 Å². The maximum absolute atomic E-state index is 5.81. The Labute approximate surface area is 119 Å². The Morgan fingerprint density at radius 1 is 1.32 bits per heavy atom. The smallest absolute Gasteiger partial charge is 0.154 e. The molecule has 0 bridgehead atoms. The average Bonchev–Trinajstić information content (AvgIpc) is 2.44. The quantitative estimate of drug-likeness (QED) is 0.474. The van der Waals surface area contributed by atoms with Crippen molar-refractivity contribution in [3.05, 3.63) is 24.3 Å². The summed E-state index contributed by atoms with van der Waals surface area (Å²) in [7, 11) is 1.64. The molecule has 0 heterocycles. The molecule has 0 aliphatic carbocycles. The minimum absolute atomic E-state index is 0.287. The van der Waals surface area contributed by atoms with Gasteiger partial charge in [0.05, 0.1) is 13.7 Å². The number of hydrogen-bond acceptors (Lipinski definition) is 4. The Morgan fingerprint density at radius 2 is 1.95 bits per heavy atom. The second-order valence-electron chi connectivity index (χ2n) is 4.10. The maximum atomic E-state index is 5.81. The van der Waals surface area contributed by atoms with Crippen LogP contribution in [0.1, 0.15) is 20.3 Å². The van der Waals surface area contributed by atoms with Gasteiger partial charge < -0.3 is 15.2 Å². The summed E-state index contributed by atoms with van der Waals surface area (Å²) in [6, 6.07) is 7.82. The van der Waals surface area contributed by atoms with Gasteiger partial charge in [0.15, 0.2) is 5.17 Å². The van der Waals surface area contributed by atoms with Crippen LogP contribution in [0.4, 0.5) is 0 Å². The lowest BCUT2D eigenvalue weighted by Crippen LogP contribution is -2.13. The fourth-order valence-electron chi connectivity index (χ4n) is 1.32. The van der Waals surface area contributed by atoms with Gasteiger partial charge in [0.2, 0.25) is 0 Å². The second-order valence-corrected chi connectivity index (χ2v) is 5.21. The molecule has 0 aliphatic heterocycles. The van der Waals surface area contributed by atoms with Crippen LogP contribution in [0.15, 0.2) is 29.3 Å². The first-order valence-corrected chi connectivity index (χ1v) is 7.37. The van der Waals surface area contributed by atoms with E-state index in [0.29, 0.717) is 11.8 Å². The van der Waals surface area contributed by atoms with Gasteiger partial charge in [-0.1, -0.05) is 18.7 Å². The van der Waals surface area contributed by atoms with E-state index in [1.165, 1.54) is 11.8 Å². The van der Waals surface area contributed by atoms with Crippen molar-refractivity contribution in [3.63, 3.8) is 0 Å². The Bertz CT molecular complexity index is 393. The molecular formula is C14H22N2O2S. The highest BCUT2D eigenvalue weighted by atomic mass is 32.2. The lowest BCUT2D eigenvalue weighted by atomic mass is 10.3. The van der Waals surface area contributed by atoms with Crippen molar-refractivity contribution in [3.8, 4) is 11.5 Å². The fraction of sp³-hybridized carbons (Fsp3) is 0.500. The maximum Gasteiger partial charge on any atom is 0.154 e. The number of nitrogens with zero attached hydrogens (tertiary/aromatic N) is 1. The second kappa shape index (κ2) is 8.69. The monoisotopic (exact) mass is 282 g/mol. The number of amidine groups is 1. The van der Waals surface area contributed by atoms with E-state index in [2.05, 4.69) is 18.8 Å². The molecule has 5 heteroatoms. The molecule has 0 saturated heterocycles. The van der Waals surface area contributed by atoms with E-state index in [4.69, 9.17) is 15.2 Å². The van der Waals surface area contributed by atoms with E-state index in [0.717, 1.165) is 23.7 Å². The number of aliphatic imine (C=N–C) groups is 1. The highest BCUT2D eigenvalue weighted by molar-refractivity contribution is 8.13.